The van der Waals surface area contributed by atoms with Crippen LogP contribution in [0.1, 0.15) is 41.6 Å². The van der Waals surface area contributed by atoms with Crippen LogP contribution >= 0.6 is 23.2 Å². The minimum Gasteiger partial charge on any atom is -0.496 e. The van der Waals surface area contributed by atoms with Crippen LogP contribution in [0.5, 0.6) is 28.7 Å². The lowest BCUT2D eigenvalue weighted by molar-refractivity contribution is -0.131. The van der Waals surface area contributed by atoms with Gasteiger partial charge in [-0.25, -0.2) is 0 Å². The summed E-state index contributed by atoms with van der Waals surface area (Å²) < 4.78 is 27.9. The summed E-state index contributed by atoms with van der Waals surface area (Å²) in [6, 6.07) is 4.84. The Morgan fingerprint density at radius 2 is 1.73 bits per heavy atom. The first kappa shape index (κ1) is 23.9. The molecule has 3 atom stereocenters. The van der Waals surface area contributed by atoms with E-state index in [1.165, 1.54) is 20.3 Å². The number of allylic oxidation sites excluding steroid dienone is 1. The van der Waals surface area contributed by atoms with Crippen LogP contribution in [-0.4, -0.2) is 44.1 Å². The van der Waals surface area contributed by atoms with E-state index >= 15 is 0 Å². The Hall–Kier alpha value is -3.43. The highest BCUT2D eigenvalue weighted by molar-refractivity contribution is 6.36. The van der Waals surface area contributed by atoms with Crippen LogP contribution in [0.2, 0.25) is 10.0 Å². The highest BCUT2D eigenvalue weighted by Gasteiger charge is 2.63. The number of nitrogens with one attached hydrogen (secondary N) is 1. The van der Waals surface area contributed by atoms with Gasteiger partial charge < -0.3 is 29.0 Å². The number of halogens is 2. The number of methoxy groups -OCH3 is 2. The van der Waals surface area contributed by atoms with Crippen molar-refractivity contribution in [3.63, 3.8) is 0 Å². The summed E-state index contributed by atoms with van der Waals surface area (Å²) in [6.45, 7) is 1.75. The van der Waals surface area contributed by atoms with Gasteiger partial charge in [-0.15, -0.1) is 0 Å². The van der Waals surface area contributed by atoms with Gasteiger partial charge in [0.15, 0.2) is 17.2 Å². The van der Waals surface area contributed by atoms with Crippen LogP contribution in [0.4, 0.5) is 0 Å². The number of ketones is 2. The van der Waals surface area contributed by atoms with E-state index in [4.69, 9.17) is 46.9 Å². The predicted octanol–water partition coefficient (Wildman–Crippen LogP) is 4.22. The molecule has 1 aliphatic carbocycles. The van der Waals surface area contributed by atoms with E-state index in [2.05, 4.69) is 5.32 Å². The molecule has 1 N–H and O–H groups in total. The molecule has 1 spiro atoms. The van der Waals surface area contributed by atoms with Crippen molar-refractivity contribution >= 4 is 40.7 Å². The molecule has 0 saturated carbocycles. The quantitative estimate of drug-likeness (QED) is 0.571. The van der Waals surface area contributed by atoms with Gasteiger partial charge in [0.05, 0.1) is 19.2 Å². The third-order valence-corrected chi connectivity index (χ3v) is 8.05. The van der Waals surface area contributed by atoms with Crippen LogP contribution in [0.3, 0.4) is 0 Å². The minimum atomic E-state index is -1.88. The van der Waals surface area contributed by atoms with Crippen molar-refractivity contribution in [3.05, 3.63) is 50.6 Å². The first-order chi connectivity index (χ1) is 17.7. The van der Waals surface area contributed by atoms with Crippen LogP contribution in [0.15, 0.2) is 29.5 Å². The molecule has 0 radical (unpaired) electrons. The Morgan fingerprint density at radius 1 is 0.973 bits per heavy atom. The first-order valence-corrected chi connectivity index (χ1v) is 12.3. The number of hydrogen-bond acceptors (Lipinski definition) is 8. The molecule has 3 aliphatic heterocycles. The number of Topliss-reactive ketones (excluding diaryl/α,β-unsaturated/α-hetero) is 2. The maximum absolute atomic E-state index is 14.4. The van der Waals surface area contributed by atoms with Crippen molar-refractivity contribution in [3.8, 4) is 28.7 Å². The zero-order valence-corrected chi connectivity index (χ0v) is 21.5. The molecule has 9 nitrogen and oxygen atoms in total. The minimum absolute atomic E-state index is 0.0177. The monoisotopic (exact) mass is 545 g/mol. The number of rotatable bonds is 3. The highest BCUT2D eigenvalue weighted by Crippen LogP contribution is 2.55. The SMILES string of the molecule is COc1cc(OC)c2c(c1Cl)O[C@@]1(C(=O)C3=C(C[C@H]1C)NC(=O)C[C@@H]3c1cc(Cl)c3c(c1)OCO3)C2=O. The molecule has 3 heterocycles. The van der Waals surface area contributed by atoms with Crippen LogP contribution in [-0.2, 0) is 9.59 Å². The van der Waals surface area contributed by atoms with Crippen LogP contribution < -0.4 is 29.0 Å². The number of ether oxygens (including phenoxy) is 5. The van der Waals surface area contributed by atoms with Gasteiger partial charge in [0.25, 0.3) is 0 Å². The zero-order chi connectivity index (χ0) is 26.2. The van der Waals surface area contributed by atoms with E-state index in [-0.39, 0.29) is 58.9 Å². The summed E-state index contributed by atoms with van der Waals surface area (Å²) >= 11 is 12.9. The number of hydrogen-bond donors (Lipinski definition) is 1. The summed E-state index contributed by atoms with van der Waals surface area (Å²) in [5, 5.41) is 3.20. The molecule has 0 saturated heterocycles. The molecule has 0 fully saturated rings. The molecular weight excluding hydrogens is 525 g/mol. The first-order valence-electron chi connectivity index (χ1n) is 11.6. The van der Waals surface area contributed by atoms with Gasteiger partial charge in [0, 0.05) is 35.6 Å². The predicted molar refractivity (Wildman–Crippen MR) is 131 cm³/mol. The second-order valence-corrected chi connectivity index (χ2v) is 10.1. The van der Waals surface area contributed by atoms with E-state index in [1.54, 1.807) is 19.1 Å². The summed E-state index contributed by atoms with van der Waals surface area (Å²) in [7, 11) is 2.83. The van der Waals surface area contributed by atoms with Gasteiger partial charge in [-0.1, -0.05) is 30.1 Å². The lowest BCUT2D eigenvalue weighted by Gasteiger charge is -2.41. The molecule has 0 unspecified atom stereocenters. The Balaban J connectivity index is 1.50. The average molecular weight is 546 g/mol. The molecule has 11 heteroatoms. The summed E-state index contributed by atoms with van der Waals surface area (Å²) in [5.41, 5.74) is -0.461. The summed E-state index contributed by atoms with van der Waals surface area (Å²) in [4.78, 5) is 41.1. The summed E-state index contributed by atoms with van der Waals surface area (Å²) in [5.74, 6) is -1.34. The van der Waals surface area contributed by atoms with E-state index in [9.17, 15) is 14.4 Å². The van der Waals surface area contributed by atoms with Gasteiger partial charge in [0.2, 0.25) is 29.9 Å². The van der Waals surface area contributed by atoms with Gasteiger partial charge in [0.1, 0.15) is 22.1 Å². The van der Waals surface area contributed by atoms with Crippen molar-refractivity contribution < 1.29 is 38.1 Å². The fourth-order valence-electron chi connectivity index (χ4n) is 5.66. The van der Waals surface area contributed by atoms with E-state index in [0.29, 0.717) is 27.8 Å². The largest absolute Gasteiger partial charge is 0.496 e. The second-order valence-electron chi connectivity index (χ2n) is 9.33. The standard InChI is InChI=1S/C26H21Cl2NO8/c1-10-4-14-19(12(7-18(30)29-14)11-5-13(27)22-17(6-11)35-9-36-22)24(31)26(10)25(32)20-15(33-2)8-16(34-3)21(28)23(20)37-26/h5-6,8,10,12H,4,7,9H2,1-3H3,(H,29,30)/t10-,12-,26+/m1/s1. The molecule has 2 aromatic rings. The number of carbonyl (C=O) groups is 3. The maximum Gasteiger partial charge on any atom is 0.236 e. The topological polar surface area (TPSA) is 109 Å². The van der Waals surface area contributed by atoms with Gasteiger partial charge in [-0.3, -0.25) is 14.4 Å². The van der Waals surface area contributed by atoms with Crippen LogP contribution in [0.25, 0.3) is 0 Å². The van der Waals surface area contributed by atoms with E-state index in [1.807, 2.05) is 0 Å². The van der Waals surface area contributed by atoms with E-state index < -0.39 is 29.0 Å². The molecule has 1 amide bonds. The fraction of sp³-hybridized carbons (Fsp3) is 0.346. The van der Waals surface area contributed by atoms with Gasteiger partial charge in [-0.2, -0.15) is 0 Å². The fourth-order valence-corrected chi connectivity index (χ4v) is 6.20. The molecule has 4 aliphatic rings. The normalized spacial score (nSPS) is 25.6. The Labute approximate surface area is 221 Å². The lowest BCUT2D eigenvalue weighted by atomic mass is 9.66. The third-order valence-electron chi connectivity index (χ3n) is 7.41. The van der Waals surface area contributed by atoms with Crippen molar-refractivity contribution in [2.45, 2.75) is 31.3 Å². The molecule has 192 valence electrons. The Kier molecular flexibility index (Phi) is 5.36. The van der Waals surface area contributed by atoms with Crippen molar-refractivity contribution in [1.29, 1.82) is 0 Å². The van der Waals surface area contributed by atoms with Crippen LogP contribution in [0, 0.1) is 5.92 Å². The number of carbonyl (C=O) groups excluding carboxylic acids is 3. The molecule has 6 rings (SSSR count). The lowest BCUT2D eigenvalue weighted by Crippen LogP contribution is -2.59. The Bertz CT molecular complexity index is 1450. The smallest absolute Gasteiger partial charge is 0.236 e. The average Bonchev–Trinajstić information content (AvgIpc) is 3.47. The molecule has 0 bridgehead atoms. The maximum atomic E-state index is 14.4. The number of benzene rings is 2. The van der Waals surface area contributed by atoms with Gasteiger partial charge >= 0.3 is 0 Å². The van der Waals surface area contributed by atoms with Crippen molar-refractivity contribution in [2.24, 2.45) is 5.92 Å². The molecule has 0 aromatic heterocycles. The van der Waals surface area contributed by atoms with Crippen molar-refractivity contribution in [2.75, 3.05) is 21.0 Å². The van der Waals surface area contributed by atoms with E-state index in [0.717, 1.165) is 0 Å². The molecule has 2 aromatic carbocycles. The summed E-state index contributed by atoms with van der Waals surface area (Å²) in [6.07, 6.45) is 0.197. The van der Waals surface area contributed by atoms with Crippen molar-refractivity contribution in [1.82, 2.24) is 5.32 Å². The number of amides is 1. The molecule has 37 heavy (non-hydrogen) atoms. The number of fused-ring (bicyclic) bond motifs is 2. The highest BCUT2D eigenvalue weighted by atomic mass is 35.5. The zero-order valence-electron chi connectivity index (χ0n) is 20.0. The Morgan fingerprint density at radius 3 is 2.46 bits per heavy atom. The second kappa shape index (κ2) is 8.29. The van der Waals surface area contributed by atoms with Gasteiger partial charge in [-0.05, 0) is 24.1 Å². The molecular formula is C26H21Cl2NO8. The third kappa shape index (κ3) is 3.20.